The number of benzene rings is 1. The molecule has 0 bridgehead atoms. The van der Waals surface area contributed by atoms with Gasteiger partial charge in [-0.15, -0.1) is 0 Å². The normalized spacial score (nSPS) is 19.4. The highest BCUT2D eigenvalue weighted by molar-refractivity contribution is 5.79. The summed E-state index contributed by atoms with van der Waals surface area (Å²) < 4.78 is 10.5. The van der Waals surface area contributed by atoms with Gasteiger partial charge in [0.1, 0.15) is 0 Å². The maximum absolute atomic E-state index is 12.8. The number of carbonyl (C=O) groups is 1. The van der Waals surface area contributed by atoms with Gasteiger partial charge in [-0.3, -0.25) is 9.78 Å². The molecular formula is C20H24N2O4. The number of aliphatic hydroxyl groups excluding tert-OH is 1. The molecule has 0 radical (unpaired) electrons. The summed E-state index contributed by atoms with van der Waals surface area (Å²) in [6.07, 6.45) is 3.79. The van der Waals surface area contributed by atoms with Gasteiger partial charge in [0.2, 0.25) is 5.91 Å². The fraction of sp³-hybridized carbons (Fsp3) is 0.400. The van der Waals surface area contributed by atoms with Crippen molar-refractivity contribution >= 4 is 5.91 Å². The van der Waals surface area contributed by atoms with Gasteiger partial charge in [0.15, 0.2) is 11.5 Å². The van der Waals surface area contributed by atoms with Crippen molar-refractivity contribution in [1.82, 2.24) is 9.88 Å². The molecule has 0 aliphatic carbocycles. The maximum Gasteiger partial charge on any atom is 0.227 e. The van der Waals surface area contributed by atoms with Gasteiger partial charge in [-0.25, -0.2) is 0 Å². The van der Waals surface area contributed by atoms with Crippen LogP contribution < -0.4 is 9.47 Å². The number of methoxy groups -OCH3 is 2. The van der Waals surface area contributed by atoms with Crippen molar-refractivity contribution in [3.8, 4) is 11.5 Å². The van der Waals surface area contributed by atoms with E-state index in [1.54, 1.807) is 26.6 Å². The zero-order valence-corrected chi connectivity index (χ0v) is 15.1. The lowest BCUT2D eigenvalue weighted by atomic mass is 9.90. The summed E-state index contributed by atoms with van der Waals surface area (Å²) in [6, 6.07) is 9.42. The molecule has 1 aliphatic rings. The molecule has 1 aromatic carbocycles. The molecule has 26 heavy (non-hydrogen) atoms. The highest BCUT2D eigenvalue weighted by atomic mass is 16.5. The Labute approximate surface area is 153 Å². The standard InChI is InChI=1S/C20H24N2O4/c1-25-18-4-3-14(9-19(18)26-2)10-20(24)22-11-16(13-23)17(12-22)15-5-7-21-8-6-15/h3-9,16-17,23H,10-13H2,1-2H3. The number of aromatic nitrogens is 1. The van der Waals surface area contributed by atoms with Gasteiger partial charge in [0, 0.05) is 43.9 Å². The van der Waals surface area contributed by atoms with Gasteiger partial charge in [0.25, 0.3) is 0 Å². The van der Waals surface area contributed by atoms with Crippen molar-refractivity contribution in [2.24, 2.45) is 5.92 Å². The van der Waals surface area contributed by atoms with Crippen molar-refractivity contribution in [2.75, 3.05) is 33.9 Å². The van der Waals surface area contributed by atoms with Gasteiger partial charge in [-0.05, 0) is 35.4 Å². The van der Waals surface area contributed by atoms with Gasteiger partial charge in [-0.2, -0.15) is 0 Å². The molecule has 0 saturated carbocycles. The zero-order chi connectivity index (χ0) is 18.5. The van der Waals surface area contributed by atoms with Crippen LogP contribution in [0.25, 0.3) is 0 Å². The van der Waals surface area contributed by atoms with Crippen LogP contribution >= 0.6 is 0 Å². The molecule has 6 heteroatoms. The Morgan fingerprint density at radius 1 is 1.15 bits per heavy atom. The van der Waals surface area contributed by atoms with Crippen molar-refractivity contribution < 1.29 is 19.4 Å². The molecular weight excluding hydrogens is 332 g/mol. The molecule has 138 valence electrons. The molecule has 6 nitrogen and oxygen atoms in total. The molecule has 1 aromatic heterocycles. The van der Waals surface area contributed by atoms with E-state index in [2.05, 4.69) is 4.98 Å². The highest BCUT2D eigenvalue weighted by Gasteiger charge is 2.35. The smallest absolute Gasteiger partial charge is 0.227 e. The summed E-state index contributed by atoms with van der Waals surface area (Å²) in [4.78, 5) is 18.6. The molecule has 3 rings (SSSR count). The van der Waals surface area contributed by atoms with Crippen molar-refractivity contribution in [2.45, 2.75) is 12.3 Å². The molecule has 1 N–H and O–H groups in total. The fourth-order valence-electron chi connectivity index (χ4n) is 3.53. The number of carbonyl (C=O) groups excluding carboxylic acids is 1. The van der Waals surface area contributed by atoms with E-state index < -0.39 is 0 Å². The third-order valence-electron chi connectivity index (χ3n) is 4.97. The molecule has 2 aromatic rings. The summed E-state index contributed by atoms with van der Waals surface area (Å²) in [5, 5.41) is 9.73. The number of aliphatic hydroxyl groups is 1. The number of likely N-dealkylation sites (tertiary alicyclic amines) is 1. The van der Waals surface area contributed by atoms with E-state index in [1.165, 1.54) is 0 Å². The predicted molar refractivity (Wildman–Crippen MR) is 97.4 cm³/mol. The van der Waals surface area contributed by atoms with Crippen LogP contribution in [0.4, 0.5) is 0 Å². The fourth-order valence-corrected chi connectivity index (χ4v) is 3.53. The van der Waals surface area contributed by atoms with E-state index in [0.717, 1.165) is 11.1 Å². The van der Waals surface area contributed by atoms with Crippen LogP contribution in [0.1, 0.15) is 17.0 Å². The first-order valence-corrected chi connectivity index (χ1v) is 8.65. The molecule has 1 fully saturated rings. The lowest BCUT2D eigenvalue weighted by Gasteiger charge is -2.17. The Morgan fingerprint density at radius 2 is 1.88 bits per heavy atom. The van der Waals surface area contributed by atoms with E-state index in [9.17, 15) is 9.90 Å². The Balaban J connectivity index is 1.71. The second kappa shape index (κ2) is 8.19. The monoisotopic (exact) mass is 356 g/mol. The van der Waals surface area contributed by atoms with Gasteiger partial charge < -0.3 is 19.5 Å². The number of ether oxygens (including phenoxy) is 2. The number of amides is 1. The van der Waals surface area contributed by atoms with Crippen molar-refractivity contribution in [3.63, 3.8) is 0 Å². The number of hydrogen-bond donors (Lipinski definition) is 1. The first-order chi connectivity index (χ1) is 12.7. The molecule has 2 heterocycles. The number of hydrogen-bond acceptors (Lipinski definition) is 5. The molecule has 0 spiro atoms. The minimum Gasteiger partial charge on any atom is -0.493 e. The molecule has 1 amide bonds. The largest absolute Gasteiger partial charge is 0.493 e. The van der Waals surface area contributed by atoms with E-state index in [0.29, 0.717) is 31.0 Å². The van der Waals surface area contributed by atoms with Crippen LogP contribution in [0.15, 0.2) is 42.7 Å². The summed E-state index contributed by atoms with van der Waals surface area (Å²) in [7, 11) is 3.16. The van der Waals surface area contributed by atoms with Crippen LogP contribution in [0.3, 0.4) is 0 Å². The third kappa shape index (κ3) is 3.80. The second-order valence-corrected chi connectivity index (χ2v) is 6.49. The van der Waals surface area contributed by atoms with Crippen LogP contribution in [-0.2, 0) is 11.2 Å². The van der Waals surface area contributed by atoms with Crippen LogP contribution in [0.5, 0.6) is 11.5 Å². The summed E-state index contributed by atoms with van der Waals surface area (Å²) in [6.45, 7) is 1.24. The summed E-state index contributed by atoms with van der Waals surface area (Å²) in [5.41, 5.74) is 1.99. The zero-order valence-electron chi connectivity index (χ0n) is 15.1. The van der Waals surface area contributed by atoms with Crippen LogP contribution in [-0.4, -0.2) is 54.8 Å². The first kappa shape index (κ1) is 18.2. The summed E-state index contributed by atoms with van der Waals surface area (Å²) in [5.74, 6) is 1.49. The Hall–Kier alpha value is -2.60. The third-order valence-corrected chi connectivity index (χ3v) is 4.97. The Kier molecular flexibility index (Phi) is 5.73. The minimum atomic E-state index is 0.0479. The topological polar surface area (TPSA) is 71.9 Å². The van der Waals surface area contributed by atoms with Crippen LogP contribution in [0, 0.1) is 5.92 Å². The van der Waals surface area contributed by atoms with Gasteiger partial charge >= 0.3 is 0 Å². The van der Waals surface area contributed by atoms with E-state index >= 15 is 0 Å². The summed E-state index contributed by atoms with van der Waals surface area (Å²) >= 11 is 0. The Morgan fingerprint density at radius 3 is 2.54 bits per heavy atom. The Bertz CT molecular complexity index is 751. The molecule has 1 saturated heterocycles. The van der Waals surface area contributed by atoms with E-state index in [4.69, 9.17) is 9.47 Å². The van der Waals surface area contributed by atoms with Gasteiger partial charge in [0.05, 0.1) is 20.6 Å². The molecule has 1 aliphatic heterocycles. The second-order valence-electron chi connectivity index (χ2n) is 6.49. The van der Waals surface area contributed by atoms with Crippen molar-refractivity contribution in [3.05, 3.63) is 53.9 Å². The van der Waals surface area contributed by atoms with Crippen molar-refractivity contribution in [1.29, 1.82) is 0 Å². The number of pyridine rings is 1. The van der Waals surface area contributed by atoms with Gasteiger partial charge in [-0.1, -0.05) is 6.07 Å². The molecule has 2 atom stereocenters. The SMILES string of the molecule is COc1ccc(CC(=O)N2CC(CO)C(c3ccncc3)C2)cc1OC. The minimum absolute atomic E-state index is 0.0479. The predicted octanol–water partition coefficient (Wildman–Crippen LogP) is 1.88. The lowest BCUT2D eigenvalue weighted by Crippen LogP contribution is -2.30. The van der Waals surface area contributed by atoms with E-state index in [-0.39, 0.29) is 24.3 Å². The maximum atomic E-state index is 12.8. The first-order valence-electron chi connectivity index (χ1n) is 8.65. The molecule has 2 unspecified atom stereocenters. The quantitative estimate of drug-likeness (QED) is 0.856. The van der Waals surface area contributed by atoms with E-state index in [1.807, 2.05) is 35.2 Å². The van der Waals surface area contributed by atoms with Crippen LogP contribution in [0.2, 0.25) is 0 Å². The number of rotatable bonds is 6. The lowest BCUT2D eigenvalue weighted by molar-refractivity contribution is -0.129. The average molecular weight is 356 g/mol. The average Bonchev–Trinajstić information content (AvgIpc) is 3.13. The highest BCUT2D eigenvalue weighted by Crippen LogP contribution is 2.33. The number of nitrogens with zero attached hydrogens (tertiary/aromatic N) is 2.